The van der Waals surface area contributed by atoms with Crippen molar-refractivity contribution in [1.82, 2.24) is 9.80 Å². The standard InChI is InChI=1S/C17H26N4O4/c1-3-20(4-2)17(22)14-5-6-15(16(13-14)21(23)24)18-7-8-19-9-11-25-12-10-19/h5-6,13,18H,3-4,7-12H2,1-2H3. The third kappa shape index (κ3) is 5.14. The average molecular weight is 350 g/mol. The van der Waals surface area contributed by atoms with Crippen LogP contribution in [0.1, 0.15) is 24.2 Å². The molecule has 138 valence electrons. The van der Waals surface area contributed by atoms with Crippen molar-refractivity contribution in [2.45, 2.75) is 13.8 Å². The van der Waals surface area contributed by atoms with Crippen molar-refractivity contribution in [3.8, 4) is 0 Å². The molecule has 0 aromatic heterocycles. The lowest BCUT2D eigenvalue weighted by molar-refractivity contribution is -0.384. The molecule has 1 aromatic rings. The molecule has 1 N–H and O–H groups in total. The minimum absolute atomic E-state index is 0.0695. The van der Waals surface area contributed by atoms with E-state index in [0.717, 1.165) is 32.8 Å². The van der Waals surface area contributed by atoms with Gasteiger partial charge in [-0.25, -0.2) is 0 Å². The fourth-order valence-electron chi connectivity index (χ4n) is 2.83. The number of amides is 1. The van der Waals surface area contributed by atoms with E-state index in [1.54, 1.807) is 17.0 Å². The maximum Gasteiger partial charge on any atom is 0.293 e. The Morgan fingerprint density at radius 3 is 2.60 bits per heavy atom. The van der Waals surface area contributed by atoms with Crippen LogP contribution in [-0.4, -0.2) is 73.1 Å². The molecule has 0 saturated carbocycles. The van der Waals surface area contributed by atoms with Crippen LogP contribution in [0, 0.1) is 10.1 Å². The van der Waals surface area contributed by atoms with Gasteiger partial charge in [0, 0.05) is 50.9 Å². The highest BCUT2D eigenvalue weighted by Crippen LogP contribution is 2.26. The molecule has 1 heterocycles. The predicted octanol–water partition coefficient (Wildman–Crippen LogP) is 1.82. The Bertz CT molecular complexity index is 598. The summed E-state index contributed by atoms with van der Waals surface area (Å²) in [6.45, 7) is 9.51. The quantitative estimate of drug-likeness (QED) is 0.568. The van der Waals surface area contributed by atoms with Crippen molar-refractivity contribution in [1.29, 1.82) is 0 Å². The topological polar surface area (TPSA) is 88.0 Å². The van der Waals surface area contributed by atoms with Crippen molar-refractivity contribution in [2.24, 2.45) is 0 Å². The lowest BCUT2D eigenvalue weighted by Gasteiger charge is -2.26. The van der Waals surface area contributed by atoms with Crippen LogP contribution in [0.15, 0.2) is 18.2 Å². The van der Waals surface area contributed by atoms with E-state index < -0.39 is 4.92 Å². The SMILES string of the molecule is CCN(CC)C(=O)c1ccc(NCCN2CCOCC2)c([N+](=O)[O-])c1. The maximum absolute atomic E-state index is 12.4. The minimum atomic E-state index is -0.448. The van der Waals surface area contributed by atoms with Crippen LogP contribution in [0.4, 0.5) is 11.4 Å². The summed E-state index contributed by atoms with van der Waals surface area (Å²) < 4.78 is 5.30. The van der Waals surface area contributed by atoms with Crippen molar-refractivity contribution >= 4 is 17.3 Å². The number of nitro groups is 1. The van der Waals surface area contributed by atoms with Gasteiger partial charge in [0.15, 0.2) is 0 Å². The number of hydrogen-bond acceptors (Lipinski definition) is 6. The Hall–Kier alpha value is -2.19. The Kier molecular flexibility index (Phi) is 7.15. The van der Waals surface area contributed by atoms with E-state index in [-0.39, 0.29) is 11.6 Å². The molecule has 0 aliphatic carbocycles. The Morgan fingerprint density at radius 2 is 2.00 bits per heavy atom. The molecule has 2 rings (SSSR count). The first-order valence-electron chi connectivity index (χ1n) is 8.68. The van der Waals surface area contributed by atoms with Crippen LogP contribution >= 0.6 is 0 Å². The average Bonchev–Trinajstić information content (AvgIpc) is 2.63. The summed E-state index contributed by atoms with van der Waals surface area (Å²) >= 11 is 0. The number of carbonyl (C=O) groups is 1. The van der Waals surface area contributed by atoms with Crippen molar-refractivity contribution < 1.29 is 14.5 Å². The third-order valence-corrected chi connectivity index (χ3v) is 4.34. The van der Waals surface area contributed by atoms with Crippen LogP contribution in [0.2, 0.25) is 0 Å². The zero-order valence-electron chi connectivity index (χ0n) is 14.9. The lowest BCUT2D eigenvalue weighted by atomic mass is 10.1. The first kappa shape index (κ1) is 19.1. The number of benzene rings is 1. The van der Waals surface area contributed by atoms with E-state index in [1.165, 1.54) is 6.07 Å². The van der Waals surface area contributed by atoms with Crippen LogP contribution in [0.25, 0.3) is 0 Å². The molecule has 1 aliphatic rings. The summed E-state index contributed by atoms with van der Waals surface area (Å²) in [7, 11) is 0. The highest BCUT2D eigenvalue weighted by atomic mass is 16.6. The second kappa shape index (κ2) is 9.33. The van der Waals surface area contributed by atoms with Gasteiger partial charge in [-0.3, -0.25) is 19.8 Å². The second-order valence-corrected chi connectivity index (χ2v) is 5.85. The van der Waals surface area contributed by atoms with Crippen LogP contribution in [0.5, 0.6) is 0 Å². The molecule has 1 amide bonds. The number of nitro benzene ring substituents is 1. The molecule has 25 heavy (non-hydrogen) atoms. The van der Waals surface area contributed by atoms with Crippen LogP contribution in [0.3, 0.4) is 0 Å². The van der Waals surface area contributed by atoms with Crippen LogP contribution < -0.4 is 5.32 Å². The summed E-state index contributed by atoms with van der Waals surface area (Å²) in [5, 5.41) is 14.5. The highest BCUT2D eigenvalue weighted by molar-refractivity contribution is 5.95. The summed E-state index contributed by atoms with van der Waals surface area (Å²) in [6.07, 6.45) is 0. The van der Waals surface area contributed by atoms with Crippen molar-refractivity contribution in [3.63, 3.8) is 0 Å². The van der Waals surface area contributed by atoms with Crippen molar-refractivity contribution in [3.05, 3.63) is 33.9 Å². The molecule has 8 heteroatoms. The van der Waals surface area contributed by atoms with Gasteiger partial charge < -0.3 is 15.0 Å². The zero-order valence-corrected chi connectivity index (χ0v) is 14.9. The van der Waals surface area contributed by atoms with Gasteiger partial charge in [0.25, 0.3) is 11.6 Å². The first-order chi connectivity index (χ1) is 12.1. The van der Waals surface area contributed by atoms with Gasteiger partial charge in [0.05, 0.1) is 18.1 Å². The smallest absolute Gasteiger partial charge is 0.293 e. The van der Waals surface area contributed by atoms with Gasteiger partial charge >= 0.3 is 0 Å². The van der Waals surface area contributed by atoms with Gasteiger partial charge in [-0.05, 0) is 26.0 Å². The number of anilines is 1. The monoisotopic (exact) mass is 350 g/mol. The largest absolute Gasteiger partial charge is 0.379 e. The van der Waals surface area contributed by atoms with Gasteiger partial charge in [0.2, 0.25) is 0 Å². The van der Waals surface area contributed by atoms with Gasteiger partial charge in [-0.1, -0.05) is 0 Å². The number of rotatable bonds is 8. The molecule has 0 bridgehead atoms. The molecule has 8 nitrogen and oxygen atoms in total. The summed E-state index contributed by atoms with van der Waals surface area (Å²) in [5.74, 6) is -0.187. The molecule has 1 aliphatic heterocycles. The molecule has 0 unspecified atom stereocenters. The maximum atomic E-state index is 12.4. The van der Waals surface area contributed by atoms with E-state index in [2.05, 4.69) is 10.2 Å². The summed E-state index contributed by atoms with van der Waals surface area (Å²) in [4.78, 5) is 27.2. The highest BCUT2D eigenvalue weighted by Gasteiger charge is 2.20. The molecule has 1 fully saturated rings. The molecular weight excluding hydrogens is 324 g/mol. The molecule has 0 spiro atoms. The molecule has 0 radical (unpaired) electrons. The van der Waals surface area contributed by atoms with E-state index in [1.807, 2.05) is 13.8 Å². The van der Waals surface area contributed by atoms with E-state index in [4.69, 9.17) is 4.74 Å². The van der Waals surface area contributed by atoms with E-state index >= 15 is 0 Å². The van der Waals surface area contributed by atoms with Gasteiger partial charge in [-0.15, -0.1) is 0 Å². The Balaban J connectivity index is 2.05. The van der Waals surface area contributed by atoms with Crippen molar-refractivity contribution in [2.75, 3.05) is 57.8 Å². The molecule has 1 saturated heterocycles. The predicted molar refractivity (Wildman–Crippen MR) is 96.1 cm³/mol. The number of ether oxygens (including phenoxy) is 1. The first-order valence-corrected chi connectivity index (χ1v) is 8.68. The van der Waals surface area contributed by atoms with Gasteiger partial charge in [0.1, 0.15) is 5.69 Å². The molecular formula is C17H26N4O4. The van der Waals surface area contributed by atoms with Crippen LogP contribution in [-0.2, 0) is 4.74 Å². The number of nitrogens with one attached hydrogen (secondary N) is 1. The zero-order chi connectivity index (χ0) is 18.2. The fraction of sp³-hybridized carbons (Fsp3) is 0.588. The second-order valence-electron chi connectivity index (χ2n) is 5.85. The number of hydrogen-bond donors (Lipinski definition) is 1. The number of morpholine rings is 1. The third-order valence-electron chi connectivity index (χ3n) is 4.34. The summed E-state index contributed by atoms with van der Waals surface area (Å²) in [5.41, 5.74) is 0.712. The fourth-order valence-corrected chi connectivity index (χ4v) is 2.83. The lowest BCUT2D eigenvalue weighted by Crippen LogP contribution is -2.39. The van der Waals surface area contributed by atoms with E-state index in [9.17, 15) is 14.9 Å². The molecule has 0 atom stereocenters. The minimum Gasteiger partial charge on any atom is -0.379 e. The Labute approximate surface area is 147 Å². The summed E-state index contributed by atoms with van der Waals surface area (Å²) in [6, 6.07) is 4.62. The number of carbonyl (C=O) groups excluding carboxylic acids is 1. The Morgan fingerprint density at radius 1 is 1.32 bits per heavy atom. The number of nitrogens with zero attached hydrogens (tertiary/aromatic N) is 3. The molecule has 1 aromatic carbocycles. The van der Waals surface area contributed by atoms with E-state index in [0.29, 0.717) is 30.9 Å². The normalized spacial score (nSPS) is 15.0. The van der Waals surface area contributed by atoms with Gasteiger partial charge in [-0.2, -0.15) is 0 Å².